The third-order valence-corrected chi connectivity index (χ3v) is 7.58. The molecule has 4 aliphatic rings. The third kappa shape index (κ3) is 4.13. The van der Waals surface area contributed by atoms with E-state index in [0.717, 1.165) is 38.5 Å². The van der Waals surface area contributed by atoms with Crippen LogP contribution in [0.5, 0.6) is 0 Å². The van der Waals surface area contributed by atoms with Crippen LogP contribution in [-0.2, 0) is 29.2 Å². The summed E-state index contributed by atoms with van der Waals surface area (Å²) < 4.78 is 43.5. The highest BCUT2D eigenvalue weighted by atomic mass is 32.2. The maximum absolute atomic E-state index is 12.2. The van der Waals surface area contributed by atoms with Gasteiger partial charge in [0, 0.05) is 16.4 Å². The molecule has 4 aliphatic carbocycles. The first-order valence-electron chi connectivity index (χ1n) is 9.73. The Labute approximate surface area is 166 Å². The Bertz CT molecular complexity index is 781. The van der Waals surface area contributed by atoms with E-state index in [0.29, 0.717) is 17.4 Å². The molecule has 158 valence electrons. The normalized spacial score (nSPS) is 34.1. The molecule has 0 aromatic heterocycles. The van der Waals surface area contributed by atoms with E-state index in [1.54, 1.807) is 6.92 Å². The van der Waals surface area contributed by atoms with Crippen LogP contribution in [0.15, 0.2) is 12.2 Å². The van der Waals surface area contributed by atoms with Gasteiger partial charge in [-0.15, -0.1) is 0 Å². The summed E-state index contributed by atoms with van der Waals surface area (Å²) in [7, 11) is -4.65. The van der Waals surface area contributed by atoms with E-state index < -0.39 is 33.4 Å². The molecule has 0 heterocycles. The van der Waals surface area contributed by atoms with Crippen molar-refractivity contribution < 1.29 is 32.0 Å². The Morgan fingerprint density at radius 3 is 2.25 bits per heavy atom. The molecule has 0 aromatic carbocycles. The lowest BCUT2D eigenvalue weighted by molar-refractivity contribution is -0.219. The molecule has 0 aliphatic heterocycles. The van der Waals surface area contributed by atoms with E-state index in [1.807, 2.05) is 13.8 Å². The van der Waals surface area contributed by atoms with E-state index in [-0.39, 0.29) is 17.4 Å². The Kier molecular flexibility index (Phi) is 5.20. The van der Waals surface area contributed by atoms with Crippen molar-refractivity contribution in [2.24, 2.45) is 22.7 Å². The third-order valence-electron chi connectivity index (χ3n) is 6.99. The second-order valence-electron chi connectivity index (χ2n) is 9.78. The molecule has 0 saturated heterocycles. The first-order chi connectivity index (χ1) is 12.7. The summed E-state index contributed by atoms with van der Waals surface area (Å²) in [6.07, 6.45) is 5.62. The van der Waals surface area contributed by atoms with E-state index in [2.05, 4.69) is 6.58 Å². The summed E-state index contributed by atoms with van der Waals surface area (Å²) in [6.45, 7) is 9.31. The fourth-order valence-corrected chi connectivity index (χ4v) is 6.54. The molecule has 2 atom stereocenters. The van der Waals surface area contributed by atoms with Gasteiger partial charge in [0.2, 0.25) is 0 Å². The average Bonchev–Trinajstić information content (AvgIpc) is 2.49. The van der Waals surface area contributed by atoms with Gasteiger partial charge >= 0.3 is 11.9 Å². The molecule has 4 rings (SSSR count). The number of carbonyl (C=O) groups is 2. The van der Waals surface area contributed by atoms with Crippen molar-refractivity contribution in [3.63, 3.8) is 0 Å². The van der Waals surface area contributed by atoms with Crippen molar-refractivity contribution in [2.45, 2.75) is 64.9 Å². The number of hydrogen-bond donors (Lipinski definition) is 0. The van der Waals surface area contributed by atoms with Gasteiger partial charge in [-0.05, 0) is 71.1 Å². The molecule has 0 N–H and O–H groups in total. The molecule has 0 aromatic rings. The summed E-state index contributed by atoms with van der Waals surface area (Å²) in [4.78, 5) is 24.0. The fourth-order valence-electron chi connectivity index (χ4n) is 6.17. The second-order valence-corrected chi connectivity index (χ2v) is 11.2. The minimum absolute atomic E-state index is 0.112. The predicted molar refractivity (Wildman–Crippen MR) is 100 cm³/mol. The molecule has 4 saturated carbocycles. The maximum Gasteiger partial charge on any atom is 0.333 e. The maximum atomic E-state index is 12.2. The highest BCUT2D eigenvalue weighted by Crippen LogP contribution is 2.68. The molecule has 4 fully saturated rings. The zero-order valence-electron chi connectivity index (χ0n) is 16.8. The summed E-state index contributed by atoms with van der Waals surface area (Å²) in [5.74, 6) is -1.60. The standard InChI is InChI=1S/C20H30O7S/c1-13(2)17(22)27-18(3,4)20-8-14-5-15(9-20)7-19(6-14,11-20)12-26-16(21)10-28(23,24)25/h14-15H,1,5-12H2,2-4H3,(H,23,24,25)/p-1. The van der Waals surface area contributed by atoms with Crippen LogP contribution in [0.4, 0.5) is 0 Å². The van der Waals surface area contributed by atoms with Crippen LogP contribution < -0.4 is 0 Å². The van der Waals surface area contributed by atoms with Gasteiger partial charge in [0.25, 0.3) is 0 Å². The van der Waals surface area contributed by atoms with Crippen LogP contribution in [0.25, 0.3) is 0 Å². The topological polar surface area (TPSA) is 110 Å². The molecule has 0 radical (unpaired) electrons. The minimum Gasteiger partial charge on any atom is -0.748 e. The number of hydrogen-bond acceptors (Lipinski definition) is 7. The Balaban J connectivity index is 1.78. The molecule has 28 heavy (non-hydrogen) atoms. The van der Waals surface area contributed by atoms with Crippen molar-refractivity contribution in [3.8, 4) is 0 Å². The van der Waals surface area contributed by atoms with E-state index in [4.69, 9.17) is 9.47 Å². The predicted octanol–water partition coefficient (Wildman–Crippen LogP) is 2.56. The summed E-state index contributed by atoms with van der Waals surface area (Å²) in [5.41, 5.74) is -0.785. The van der Waals surface area contributed by atoms with Crippen molar-refractivity contribution >= 4 is 22.1 Å². The highest BCUT2D eigenvalue weighted by molar-refractivity contribution is 7.86. The lowest BCUT2D eigenvalue weighted by Crippen LogP contribution is -2.61. The van der Waals surface area contributed by atoms with Gasteiger partial charge in [0.15, 0.2) is 0 Å². The molecule has 7 nitrogen and oxygen atoms in total. The minimum atomic E-state index is -4.65. The van der Waals surface area contributed by atoms with Crippen LogP contribution in [0, 0.1) is 22.7 Å². The zero-order chi connectivity index (χ0) is 21.0. The van der Waals surface area contributed by atoms with E-state index >= 15 is 0 Å². The number of esters is 2. The van der Waals surface area contributed by atoms with Gasteiger partial charge in [0.05, 0.1) is 6.61 Å². The van der Waals surface area contributed by atoms with E-state index in [9.17, 15) is 22.6 Å². The van der Waals surface area contributed by atoms with Crippen LogP contribution in [-0.4, -0.2) is 42.9 Å². The number of rotatable bonds is 7. The van der Waals surface area contributed by atoms with Gasteiger partial charge in [0.1, 0.15) is 21.5 Å². The van der Waals surface area contributed by atoms with Crippen molar-refractivity contribution in [2.75, 3.05) is 12.4 Å². The number of ether oxygens (including phenoxy) is 2. The van der Waals surface area contributed by atoms with Gasteiger partial charge in [-0.25, -0.2) is 13.2 Å². The Morgan fingerprint density at radius 1 is 1.18 bits per heavy atom. The fraction of sp³-hybridized carbons (Fsp3) is 0.800. The van der Waals surface area contributed by atoms with Crippen molar-refractivity contribution in [1.82, 2.24) is 0 Å². The average molecular weight is 414 g/mol. The first-order valence-corrected chi connectivity index (χ1v) is 11.3. The number of carbonyl (C=O) groups excluding carboxylic acids is 2. The van der Waals surface area contributed by atoms with E-state index in [1.165, 1.54) is 0 Å². The lowest BCUT2D eigenvalue weighted by Gasteiger charge is -2.65. The van der Waals surface area contributed by atoms with Crippen LogP contribution in [0.1, 0.15) is 59.3 Å². The molecule has 2 unspecified atom stereocenters. The van der Waals surface area contributed by atoms with Crippen molar-refractivity contribution in [3.05, 3.63) is 12.2 Å². The molecular weight excluding hydrogens is 384 g/mol. The Morgan fingerprint density at radius 2 is 1.75 bits per heavy atom. The van der Waals surface area contributed by atoms with Gasteiger partial charge < -0.3 is 14.0 Å². The molecule has 0 spiro atoms. The lowest BCUT2D eigenvalue weighted by atomic mass is 9.41. The monoisotopic (exact) mass is 413 g/mol. The Hall–Kier alpha value is -1.41. The summed E-state index contributed by atoms with van der Waals surface area (Å²) in [5, 5.41) is 0. The first kappa shape index (κ1) is 21.3. The van der Waals surface area contributed by atoms with Gasteiger partial charge in [-0.2, -0.15) is 0 Å². The zero-order valence-corrected chi connectivity index (χ0v) is 17.6. The molecule has 8 heteroatoms. The molecule has 0 amide bonds. The quantitative estimate of drug-likeness (QED) is 0.358. The SMILES string of the molecule is C=C(C)C(=O)OC(C)(C)C12CC3CC(CC(COC(=O)CS(=O)(=O)[O-])(C3)C1)C2. The van der Waals surface area contributed by atoms with Crippen molar-refractivity contribution in [1.29, 1.82) is 0 Å². The highest BCUT2D eigenvalue weighted by Gasteiger charge is 2.63. The molecule has 4 bridgehead atoms. The van der Waals surface area contributed by atoms with Gasteiger partial charge in [-0.1, -0.05) is 6.58 Å². The summed E-state index contributed by atoms with van der Waals surface area (Å²) in [6, 6.07) is 0. The largest absolute Gasteiger partial charge is 0.748 e. The van der Waals surface area contributed by atoms with Crippen LogP contribution in [0.2, 0.25) is 0 Å². The second kappa shape index (κ2) is 6.83. The van der Waals surface area contributed by atoms with Crippen LogP contribution in [0.3, 0.4) is 0 Å². The summed E-state index contributed by atoms with van der Waals surface area (Å²) >= 11 is 0. The van der Waals surface area contributed by atoms with Gasteiger partial charge in [-0.3, -0.25) is 4.79 Å². The smallest absolute Gasteiger partial charge is 0.333 e. The van der Waals surface area contributed by atoms with Crippen LogP contribution >= 0.6 is 0 Å². The molecular formula is C20H29O7S-.